The van der Waals surface area contributed by atoms with Crippen molar-refractivity contribution >= 4 is 15.7 Å². The summed E-state index contributed by atoms with van der Waals surface area (Å²) >= 11 is 0. The van der Waals surface area contributed by atoms with Gasteiger partial charge in [0.2, 0.25) is 0 Å². The van der Waals surface area contributed by atoms with Gasteiger partial charge < -0.3 is 9.47 Å². The molecule has 0 unspecified atom stereocenters. The summed E-state index contributed by atoms with van der Waals surface area (Å²) in [4.78, 5) is 0.0117. The molecule has 0 bridgehead atoms. The number of anilines is 1. The molecule has 0 atom stereocenters. The highest BCUT2D eigenvalue weighted by molar-refractivity contribution is 7.92. The van der Waals surface area contributed by atoms with Crippen LogP contribution in [-0.2, 0) is 16.6 Å². The zero-order valence-corrected chi connectivity index (χ0v) is 16.7. The molecule has 3 aromatic carbocycles. The first-order valence-corrected chi connectivity index (χ1v) is 10.6. The van der Waals surface area contributed by atoms with E-state index in [2.05, 4.69) is 0 Å². The molecule has 1 heterocycles. The van der Waals surface area contributed by atoms with E-state index in [-0.39, 0.29) is 17.1 Å². The van der Waals surface area contributed by atoms with Crippen molar-refractivity contribution in [2.24, 2.45) is 0 Å². The second-order valence-corrected chi connectivity index (χ2v) is 8.62. The van der Waals surface area contributed by atoms with Crippen LogP contribution in [0.25, 0.3) is 0 Å². The SMILES string of the molecule is Cc1cccc(CN(c2ccccc2F)S(=O)(=O)c2ccc3c(c2)OCCO3)c1. The van der Waals surface area contributed by atoms with Crippen LogP contribution in [0.5, 0.6) is 11.5 Å². The highest BCUT2D eigenvalue weighted by Crippen LogP contribution is 2.35. The number of fused-ring (bicyclic) bond motifs is 1. The van der Waals surface area contributed by atoms with Crippen LogP contribution in [0.2, 0.25) is 0 Å². The Morgan fingerprint density at radius 2 is 1.69 bits per heavy atom. The van der Waals surface area contributed by atoms with Crippen LogP contribution in [0.15, 0.2) is 71.6 Å². The number of benzene rings is 3. The Labute approximate surface area is 169 Å². The summed E-state index contributed by atoms with van der Waals surface area (Å²) in [7, 11) is -4.06. The van der Waals surface area contributed by atoms with Gasteiger partial charge in [0.15, 0.2) is 11.5 Å². The van der Waals surface area contributed by atoms with Crippen LogP contribution >= 0.6 is 0 Å². The molecule has 7 heteroatoms. The molecule has 150 valence electrons. The standard InChI is InChI=1S/C22H20FNO4S/c1-16-5-4-6-17(13-16)15-24(20-8-3-2-7-19(20)23)29(25,26)18-9-10-21-22(14-18)28-12-11-27-21/h2-10,13-14H,11-12,15H2,1H3. The smallest absolute Gasteiger partial charge is 0.264 e. The maximum absolute atomic E-state index is 14.6. The van der Waals surface area contributed by atoms with Crippen LogP contribution in [0.3, 0.4) is 0 Å². The van der Waals surface area contributed by atoms with Crippen LogP contribution in [-0.4, -0.2) is 21.6 Å². The van der Waals surface area contributed by atoms with Crippen LogP contribution in [0.4, 0.5) is 10.1 Å². The van der Waals surface area contributed by atoms with Crippen molar-refractivity contribution in [3.05, 3.63) is 83.7 Å². The summed E-state index contributed by atoms with van der Waals surface area (Å²) in [5, 5.41) is 0. The fraction of sp³-hybridized carbons (Fsp3) is 0.182. The van der Waals surface area contributed by atoms with E-state index in [1.807, 2.05) is 31.2 Å². The molecule has 0 amide bonds. The van der Waals surface area contributed by atoms with Crippen molar-refractivity contribution in [2.45, 2.75) is 18.4 Å². The predicted octanol–water partition coefficient (Wildman–Crippen LogP) is 4.30. The van der Waals surface area contributed by atoms with Gasteiger partial charge in [0.1, 0.15) is 19.0 Å². The van der Waals surface area contributed by atoms with Crippen molar-refractivity contribution in [1.82, 2.24) is 0 Å². The van der Waals surface area contributed by atoms with Gasteiger partial charge in [0.05, 0.1) is 17.1 Å². The highest BCUT2D eigenvalue weighted by atomic mass is 32.2. The first-order valence-electron chi connectivity index (χ1n) is 9.17. The number of hydrogen-bond donors (Lipinski definition) is 0. The van der Waals surface area contributed by atoms with E-state index in [1.54, 1.807) is 12.1 Å². The van der Waals surface area contributed by atoms with Crippen molar-refractivity contribution in [3.63, 3.8) is 0 Å². The monoisotopic (exact) mass is 413 g/mol. The van der Waals surface area contributed by atoms with E-state index in [0.717, 1.165) is 15.4 Å². The molecular formula is C22H20FNO4S. The van der Waals surface area contributed by atoms with E-state index in [0.29, 0.717) is 24.7 Å². The average Bonchev–Trinajstić information content (AvgIpc) is 2.72. The zero-order valence-electron chi connectivity index (χ0n) is 15.8. The maximum atomic E-state index is 14.6. The molecule has 1 aliphatic heterocycles. The summed E-state index contributed by atoms with van der Waals surface area (Å²) in [6.45, 7) is 2.68. The average molecular weight is 413 g/mol. The number of nitrogens with zero attached hydrogens (tertiary/aromatic N) is 1. The Bertz CT molecular complexity index is 1150. The summed E-state index contributed by atoms with van der Waals surface area (Å²) in [6.07, 6.45) is 0. The Morgan fingerprint density at radius 3 is 2.45 bits per heavy atom. The van der Waals surface area contributed by atoms with E-state index in [1.165, 1.54) is 30.3 Å². The van der Waals surface area contributed by atoms with Crippen molar-refractivity contribution < 1.29 is 22.3 Å². The van der Waals surface area contributed by atoms with Crippen LogP contribution < -0.4 is 13.8 Å². The van der Waals surface area contributed by atoms with E-state index >= 15 is 0 Å². The van der Waals surface area contributed by atoms with Gasteiger partial charge in [-0.3, -0.25) is 4.31 Å². The van der Waals surface area contributed by atoms with Gasteiger partial charge in [-0.25, -0.2) is 12.8 Å². The zero-order chi connectivity index (χ0) is 20.4. The van der Waals surface area contributed by atoms with Gasteiger partial charge in [-0.05, 0) is 36.8 Å². The molecule has 0 N–H and O–H groups in total. The number of hydrogen-bond acceptors (Lipinski definition) is 4. The topological polar surface area (TPSA) is 55.8 Å². The predicted molar refractivity (Wildman–Crippen MR) is 108 cm³/mol. The molecular weight excluding hydrogens is 393 g/mol. The second-order valence-electron chi connectivity index (χ2n) is 6.76. The second kappa shape index (κ2) is 7.75. The first kappa shape index (κ1) is 19.3. The highest BCUT2D eigenvalue weighted by Gasteiger charge is 2.29. The Balaban J connectivity index is 1.80. The number of ether oxygens (including phenoxy) is 2. The number of sulfonamides is 1. The normalized spacial score (nSPS) is 13.2. The summed E-state index contributed by atoms with van der Waals surface area (Å²) < 4.78 is 53.7. The molecule has 4 rings (SSSR count). The van der Waals surface area contributed by atoms with Gasteiger partial charge in [0, 0.05) is 6.07 Å². The quantitative estimate of drug-likeness (QED) is 0.626. The Morgan fingerprint density at radius 1 is 0.931 bits per heavy atom. The molecule has 0 saturated carbocycles. The molecule has 3 aromatic rings. The lowest BCUT2D eigenvalue weighted by molar-refractivity contribution is 0.171. The first-order chi connectivity index (χ1) is 13.9. The number of halogens is 1. The number of para-hydroxylation sites is 1. The lowest BCUT2D eigenvalue weighted by Crippen LogP contribution is -2.31. The van der Waals surface area contributed by atoms with Crippen molar-refractivity contribution in [2.75, 3.05) is 17.5 Å². The molecule has 5 nitrogen and oxygen atoms in total. The van der Waals surface area contributed by atoms with Crippen LogP contribution in [0.1, 0.15) is 11.1 Å². The molecule has 0 spiro atoms. The minimum atomic E-state index is -4.06. The fourth-order valence-electron chi connectivity index (χ4n) is 3.24. The minimum Gasteiger partial charge on any atom is -0.486 e. The van der Waals surface area contributed by atoms with Gasteiger partial charge >= 0.3 is 0 Å². The van der Waals surface area contributed by atoms with Gasteiger partial charge in [-0.15, -0.1) is 0 Å². The summed E-state index contributed by atoms with van der Waals surface area (Å²) in [5.41, 5.74) is 1.74. The third kappa shape index (κ3) is 3.91. The third-order valence-electron chi connectivity index (χ3n) is 4.63. The molecule has 0 saturated heterocycles. The van der Waals surface area contributed by atoms with Crippen LogP contribution in [0, 0.1) is 12.7 Å². The minimum absolute atomic E-state index is 0.000607. The molecule has 0 aromatic heterocycles. The van der Waals surface area contributed by atoms with Crippen molar-refractivity contribution in [3.8, 4) is 11.5 Å². The number of aryl methyl sites for hydroxylation is 1. The Kier molecular flexibility index (Phi) is 5.15. The lowest BCUT2D eigenvalue weighted by Gasteiger charge is -2.26. The Hall–Kier alpha value is -3.06. The van der Waals surface area contributed by atoms with E-state index in [9.17, 15) is 12.8 Å². The molecule has 29 heavy (non-hydrogen) atoms. The number of rotatable bonds is 5. The largest absolute Gasteiger partial charge is 0.486 e. The third-order valence-corrected chi connectivity index (χ3v) is 6.39. The van der Waals surface area contributed by atoms with Gasteiger partial charge in [-0.1, -0.05) is 42.0 Å². The molecule has 0 fully saturated rings. The maximum Gasteiger partial charge on any atom is 0.264 e. The molecule has 0 aliphatic carbocycles. The summed E-state index contributed by atoms with van der Waals surface area (Å²) in [5.74, 6) is 0.244. The van der Waals surface area contributed by atoms with E-state index < -0.39 is 15.8 Å². The molecule has 1 aliphatic rings. The molecule has 0 radical (unpaired) electrons. The van der Waals surface area contributed by atoms with Gasteiger partial charge in [-0.2, -0.15) is 0 Å². The fourth-order valence-corrected chi connectivity index (χ4v) is 4.72. The lowest BCUT2D eigenvalue weighted by atomic mass is 10.1. The van der Waals surface area contributed by atoms with Crippen molar-refractivity contribution in [1.29, 1.82) is 0 Å². The van der Waals surface area contributed by atoms with Gasteiger partial charge in [0.25, 0.3) is 10.0 Å². The van der Waals surface area contributed by atoms with E-state index in [4.69, 9.17) is 9.47 Å². The summed E-state index contributed by atoms with van der Waals surface area (Å²) in [6, 6.07) is 17.8.